The number of carbonyl (C=O) groups excluding carboxylic acids is 1. The Morgan fingerprint density at radius 1 is 1.08 bits per heavy atom. The predicted molar refractivity (Wildman–Crippen MR) is 90.6 cm³/mol. The Morgan fingerprint density at radius 2 is 2.00 bits per heavy atom. The highest BCUT2D eigenvalue weighted by Crippen LogP contribution is 2.17. The number of anilines is 1. The molecule has 0 bridgehead atoms. The van der Waals surface area contributed by atoms with E-state index in [0.717, 1.165) is 0 Å². The SMILES string of the molecule is O=C(Nc1cccc(-n2cnnn2)c1)c1ccc(-n2cccn2)c(F)c1. The molecule has 0 saturated heterocycles. The van der Waals surface area contributed by atoms with E-state index in [1.807, 2.05) is 0 Å². The van der Waals surface area contributed by atoms with Crippen LogP contribution < -0.4 is 5.32 Å². The Bertz CT molecular complexity index is 1040. The van der Waals surface area contributed by atoms with Crippen molar-refractivity contribution in [2.75, 3.05) is 5.32 Å². The third-order valence-electron chi connectivity index (χ3n) is 3.68. The van der Waals surface area contributed by atoms with E-state index in [1.165, 1.54) is 27.8 Å². The number of rotatable bonds is 4. The quantitative estimate of drug-likeness (QED) is 0.610. The van der Waals surface area contributed by atoms with Gasteiger partial charge in [-0.3, -0.25) is 4.79 Å². The van der Waals surface area contributed by atoms with E-state index in [-0.39, 0.29) is 11.3 Å². The van der Waals surface area contributed by atoms with E-state index in [9.17, 15) is 9.18 Å². The molecule has 0 radical (unpaired) electrons. The number of hydrogen-bond acceptors (Lipinski definition) is 5. The zero-order chi connectivity index (χ0) is 17.9. The van der Waals surface area contributed by atoms with E-state index in [2.05, 4.69) is 25.9 Å². The van der Waals surface area contributed by atoms with Crippen LogP contribution in [0.25, 0.3) is 11.4 Å². The molecule has 2 heterocycles. The highest BCUT2D eigenvalue weighted by molar-refractivity contribution is 6.04. The summed E-state index contributed by atoms with van der Waals surface area (Å²) in [7, 11) is 0. The number of halogens is 1. The molecule has 1 amide bonds. The topological polar surface area (TPSA) is 90.5 Å². The maximum Gasteiger partial charge on any atom is 0.255 e. The summed E-state index contributed by atoms with van der Waals surface area (Å²) in [5, 5.41) is 17.7. The summed E-state index contributed by atoms with van der Waals surface area (Å²) in [5.41, 5.74) is 1.70. The molecule has 0 fully saturated rings. The number of amides is 1. The number of nitrogens with zero attached hydrogens (tertiary/aromatic N) is 6. The molecule has 8 nitrogen and oxygen atoms in total. The van der Waals surface area contributed by atoms with E-state index in [4.69, 9.17) is 0 Å². The summed E-state index contributed by atoms with van der Waals surface area (Å²) in [5.74, 6) is -0.964. The van der Waals surface area contributed by atoms with Crippen molar-refractivity contribution in [3.63, 3.8) is 0 Å². The second-order valence-electron chi connectivity index (χ2n) is 5.38. The molecule has 26 heavy (non-hydrogen) atoms. The Balaban J connectivity index is 1.55. The largest absolute Gasteiger partial charge is 0.322 e. The first-order chi connectivity index (χ1) is 12.7. The van der Waals surface area contributed by atoms with E-state index >= 15 is 0 Å². The van der Waals surface area contributed by atoms with Crippen LogP contribution in [0.4, 0.5) is 10.1 Å². The van der Waals surface area contributed by atoms with Gasteiger partial charge >= 0.3 is 0 Å². The van der Waals surface area contributed by atoms with Gasteiger partial charge in [0.15, 0.2) is 0 Å². The summed E-state index contributed by atoms with van der Waals surface area (Å²) < 4.78 is 17.2. The molecule has 9 heteroatoms. The maximum atomic E-state index is 14.3. The monoisotopic (exact) mass is 349 g/mol. The zero-order valence-electron chi connectivity index (χ0n) is 13.3. The summed E-state index contributed by atoms with van der Waals surface area (Å²) in [6.07, 6.45) is 4.63. The minimum Gasteiger partial charge on any atom is -0.322 e. The molecule has 0 spiro atoms. The molecule has 4 rings (SSSR count). The number of benzene rings is 2. The van der Waals surface area contributed by atoms with Gasteiger partial charge in [-0.05, 0) is 52.9 Å². The van der Waals surface area contributed by atoms with Gasteiger partial charge in [0.2, 0.25) is 0 Å². The smallest absolute Gasteiger partial charge is 0.255 e. The lowest BCUT2D eigenvalue weighted by Gasteiger charge is -2.09. The molecule has 2 aromatic heterocycles. The number of carbonyl (C=O) groups is 1. The average Bonchev–Trinajstić information content (AvgIpc) is 3.36. The molecule has 4 aromatic rings. The lowest BCUT2D eigenvalue weighted by Crippen LogP contribution is -2.13. The van der Waals surface area contributed by atoms with E-state index in [0.29, 0.717) is 11.4 Å². The molecule has 0 aliphatic heterocycles. The van der Waals surface area contributed by atoms with Gasteiger partial charge in [-0.1, -0.05) is 6.07 Å². The second kappa shape index (κ2) is 6.55. The summed E-state index contributed by atoms with van der Waals surface area (Å²) in [6, 6.07) is 12.9. The minimum atomic E-state index is -0.538. The average molecular weight is 349 g/mol. The molecule has 0 aliphatic carbocycles. The number of nitrogens with one attached hydrogen (secondary N) is 1. The number of tetrazole rings is 1. The molecule has 0 saturated carbocycles. The van der Waals surface area contributed by atoms with Gasteiger partial charge in [0.25, 0.3) is 5.91 Å². The molecule has 2 aromatic carbocycles. The Kier molecular flexibility index (Phi) is 3.94. The normalized spacial score (nSPS) is 10.7. The Hall–Kier alpha value is -3.88. The lowest BCUT2D eigenvalue weighted by atomic mass is 10.1. The van der Waals surface area contributed by atoms with Gasteiger partial charge in [0.1, 0.15) is 17.8 Å². The van der Waals surface area contributed by atoms with Crippen LogP contribution in [0.1, 0.15) is 10.4 Å². The molecule has 0 atom stereocenters. The Morgan fingerprint density at radius 3 is 2.73 bits per heavy atom. The van der Waals surface area contributed by atoms with Crippen molar-refractivity contribution in [2.24, 2.45) is 0 Å². The summed E-state index contributed by atoms with van der Waals surface area (Å²) in [4.78, 5) is 12.4. The van der Waals surface area contributed by atoms with Crippen molar-refractivity contribution in [1.29, 1.82) is 0 Å². The van der Waals surface area contributed by atoms with E-state index in [1.54, 1.807) is 48.8 Å². The van der Waals surface area contributed by atoms with Crippen molar-refractivity contribution in [3.8, 4) is 11.4 Å². The summed E-state index contributed by atoms with van der Waals surface area (Å²) in [6.45, 7) is 0. The van der Waals surface area contributed by atoms with Gasteiger partial charge in [0, 0.05) is 23.6 Å². The lowest BCUT2D eigenvalue weighted by molar-refractivity contribution is 0.102. The molecule has 1 N–H and O–H groups in total. The van der Waals surface area contributed by atoms with Crippen molar-refractivity contribution in [2.45, 2.75) is 0 Å². The van der Waals surface area contributed by atoms with Crippen LogP contribution in [-0.2, 0) is 0 Å². The van der Waals surface area contributed by atoms with E-state index < -0.39 is 11.7 Å². The highest BCUT2D eigenvalue weighted by Gasteiger charge is 2.12. The predicted octanol–water partition coefficient (Wildman–Crippen LogP) is 2.24. The fraction of sp³-hybridized carbons (Fsp3) is 0. The van der Waals surface area contributed by atoms with Crippen LogP contribution in [0.3, 0.4) is 0 Å². The van der Waals surface area contributed by atoms with Crippen LogP contribution in [-0.4, -0.2) is 35.9 Å². The fourth-order valence-corrected chi connectivity index (χ4v) is 2.45. The first kappa shape index (κ1) is 15.6. The third kappa shape index (κ3) is 3.05. The van der Waals surface area contributed by atoms with Crippen LogP contribution in [0.2, 0.25) is 0 Å². The van der Waals surface area contributed by atoms with Gasteiger partial charge in [-0.2, -0.15) is 5.10 Å². The fourth-order valence-electron chi connectivity index (χ4n) is 2.45. The third-order valence-corrected chi connectivity index (χ3v) is 3.68. The van der Waals surface area contributed by atoms with Crippen molar-refractivity contribution < 1.29 is 9.18 Å². The molecule has 0 unspecified atom stereocenters. The van der Waals surface area contributed by atoms with Crippen LogP contribution in [0, 0.1) is 5.82 Å². The van der Waals surface area contributed by atoms with Gasteiger partial charge in [0.05, 0.1) is 5.69 Å². The van der Waals surface area contributed by atoms with Crippen molar-refractivity contribution in [3.05, 3.63) is 78.6 Å². The van der Waals surface area contributed by atoms with Crippen LogP contribution >= 0.6 is 0 Å². The van der Waals surface area contributed by atoms with Crippen molar-refractivity contribution in [1.82, 2.24) is 30.0 Å². The molecular formula is C17H12FN7O. The Labute approximate surface area is 146 Å². The van der Waals surface area contributed by atoms with Crippen LogP contribution in [0.5, 0.6) is 0 Å². The number of aromatic nitrogens is 6. The standard InChI is InChI=1S/C17H12FN7O/c18-15-9-12(5-6-16(15)24-8-2-7-20-24)17(26)21-13-3-1-4-14(10-13)25-11-19-22-23-25/h1-11H,(H,21,26). The molecule has 128 valence electrons. The van der Waals surface area contributed by atoms with Crippen LogP contribution in [0.15, 0.2) is 67.3 Å². The maximum absolute atomic E-state index is 14.3. The first-order valence-electron chi connectivity index (χ1n) is 7.65. The van der Waals surface area contributed by atoms with Gasteiger partial charge in [-0.25, -0.2) is 13.8 Å². The number of hydrogen-bond donors (Lipinski definition) is 1. The minimum absolute atomic E-state index is 0.200. The summed E-state index contributed by atoms with van der Waals surface area (Å²) >= 11 is 0. The van der Waals surface area contributed by atoms with Crippen molar-refractivity contribution >= 4 is 11.6 Å². The second-order valence-corrected chi connectivity index (χ2v) is 5.38. The molecular weight excluding hydrogens is 337 g/mol. The molecule has 0 aliphatic rings. The zero-order valence-corrected chi connectivity index (χ0v) is 13.3. The van der Waals surface area contributed by atoms with Gasteiger partial charge in [-0.15, -0.1) is 5.10 Å². The highest BCUT2D eigenvalue weighted by atomic mass is 19.1. The van der Waals surface area contributed by atoms with Gasteiger partial charge < -0.3 is 5.32 Å². The first-order valence-corrected chi connectivity index (χ1v) is 7.65.